The molecule has 2 N–H and O–H groups in total. The minimum Gasteiger partial charge on any atom is -0.406 e. The van der Waals surface area contributed by atoms with E-state index in [1.165, 1.54) is 29.5 Å². The standard InChI is InChI=1S/C28H26F3N7O3S/c29-28(30,31)41-22-7-1-4-18(12-22)13-24(39)34-23-9-8-21(16-33-23)38-11-3-6-20(17-38)26-36-37-27(42-26)35-25(40)14-19-5-2-10-32-15-19/h1-2,4-5,7-10,12,15-16,20H,3,6,11,13-14,17H2,(H,33,34,39)(H,35,37,40). The Bertz CT molecular complexity index is 1520. The first-order valence-electron chi connectivity index (χ1n) is 13.1. The molecule has 1 aliphatic rings. The SMILES string of the molecule is O=C(Cc1cccc(OC(F)(F)F)c1)Nc1ccc(N2CCCC(c3nnc(NC(=O)Cc4cccnc4)s3)C2)cn1. The molecule has 1 unspecified atom stereocenters. The Balaban J connectivity index is 1.13. The molecule has 4 aromatic rings. The quantitative estimate of drug-likeness (QED) is 0.277. The topological polar surface area (TPSA) is 122 Å². The molecule has 1 saturated heterocycles. The van der Waals surface area contributed by atoms with Gasteiger partial charge < -0.3 is 20.3 Å². The monoisotopic (exact) mass is 597 g/mol. The highest BCUT2D eigenvalue weighted by atomic mass is 32.1. The highest BCUT2D eigenvalue weighted by Crippen LogP contribution is 2.33. The molecule has 42 heavy (non-hydrogen) atoms. The van der Waals surface area contributed by atoms with Crippen molar-refractivity contribution in [1.82, 2.24) is 20.2 Å². The van der Waals surface area contributed by atoms with Crippen molar-refractivity contribution in [3.63, 3.8) is 0 Å². The van der Waals surface area contributed by atoms with Crippen LogP contribution in [0.5, 0.6) is 5.75 Å². The van der Waals surface area contributed by atoms with Crippen LogP contribution in [0.4, 0.5) is 29.8 Å². The molecular weight excluding hydrogens is 571 g/mol. The van der Waals surface area contributed by atoms with Crippen molar-refractivity contribution in [3.05, 3.63) is 83.3 Å². The molecule has 5 rings (SSSR count). The van der Waals surface area contributed by atoms with Gasteiger partial charge in [0.25, 0.3) is 0 Å². The lowest BCUT2D eigenvalue weighted by atomic mass is 9.98. The molecule has 4 heterocycles. The highest BCUT2D eigenvalue weighted by Gasteiger charge is 2.31. The maximum absolute atomic E-state index is 12.5. The van der Waals surface area contributed by atoms with Gasteiger partial charge in [0.05, 0.1) is 24.7 Å². The number of benzene rings is 1. The van der Waals surface area contributed by atoms with Gasteiger partial charge in [-0.1, -0.05) is 29.5 Å². The molecule has 218 valence electrons. The predicted octanol–water partition coefficient (Wildman–Crippen LogP) is 4.97. The summed E-state index contributed by atoms with van der Waals surface area (Å²) in [4.78, 5) is 35.4. The van der Waals surface area contributed by atoms with Gasteiger partial charge in [0, 0.05) is 31.4 Å². The molecule has 0 aliphatic carbocycles. The number of anilines is 3. The van der Waals surface area contributed by atoms with Crippen LogP contribution in [-0.4, -0.2) is 51.4 Å². The molecule has 0 bridgehead atoms. The Labute approximate surface area is 243 Å². The number of halogens is 3. The van der Waals surface area contributed by atoms with Crippen molar-refractivity contribution in [3.8, 4) is 5.75 Å². The maximum Gasteiger partial charge on any atom is 0.573 e. The summed E-state index contributed by atoms with van der Waals surface area (Å²) in [5, 5.41) is 15.3. The molecule has 1 aliphatic heterocycles. The number of rotatable bonds is 9. The lowest BCUT2D eigenvalue weighted by molar-refractivity contribution is -0.274. The largest absolute Gasteiger partial charge is 0.573 e. The Morgan fingerprint density at radius 2 is 1.81 bits per heavy atom. The normalized spacial score (nSPS) is 15.2. The van der Waals surface area contributed by atoms with Gasteiger partial charge in [-0.2, -0.15) is 0 Å². The van der Waals surface area contributed by atoms with Crippen LogP contribution < -0.4 is 20.3 Å². The van der Waals surface area contributed by atoms with E-state index < -0.39 is 12.3 Å². The van der Waals surface area contributed by atoms with Crippen LogP contribution in [0.1, 0.15) is 34.9 Å². The number of carbonyl (C=O) groups is 2. The van der Waals surface area contributed by atoms with Gasteiger partial charge in [0.2, 0.25) is 16.9 Å². The van der Waals surface area contributed by atoms with Crippen molar-refractivity contribution in [2.45, 2.75) is 38.0 Å². The fraction of sp³-hybridized carbons (Fsp3) is 0.286. The number of aromatic nitrogens is 4. The van der Waals surface area contributed by atoms with E-state index in [1.54, 1.807) is 36.8 Å². The summed E-state index contributed by atoms with van der Waals surface area (Å²) in [5.74, 6) is -0.520. The zero-order valence-corrected chi connectivity index (χ0v) is 23.0. The van der Waals surface area contributed by atoms with Crippen LogP contribution >= 0.6 is 11.3 Å². The summed E-state index contributed by atoms with van der Waals surface area (Å²) in [5.41, 5.74) is 2.06. The Hall–Kier alpha value is -4.59. The number of piperidine rings is 1. The molecule has 1 aromatic carbocycles. The highest BCUT2D eigenvalue weighted by molar-refractivity contribution is 7.15. The van der Waals surface area contributed by atoms with Crippen LogP contribution in [0.15, 0.2) is 67.1 Å². The molecule has 3 aromatic heterocycles. The van der Waals surface area contributed by atoms with Gasteiger partial charge in [0.1, 0.15) is 16.6 Å². The summed E-state index contributed by atoms with van der Waals surface area (Å²) in [6.07, 6.45) is 2.10. The van der Waals surface area contributed by atoms with Crippen molar-refractivity contribution in [1.29, 1.82) is 0 Å². The summed E-state index contributed by atoms with van der Waals surface area (Å²) >= 11 is 1.37. The number of ether oxygens (including phenoxy) is 1. The number of amides is 2. The number of nitrogens with one attached hydrogen (secondary N) is 2. The van der Waals surface area contributed by atoms with Gasteiger partial charge in [0.15, 0.2) is 0 Å². The Kier molecular flexibility index (Phi) is 8.91. The lowest BCUT2D eigenvalue weighted by Gasteiger charge is -2.33. The van der Waals surface area contributed by atoms with Crippen LogP contribution in [0.3, 0.4) is 0 Å². The van der Waals surface area contributed by atoms with Crippen molar-refractivity contribution >= 4 is 39.8 Å². The smallest absolute Gasteiger partial charge is 0.406 e. The number of carbonyl (C=O) groups excluding carboxylic acids is 2. The second kappa shape index (κ2) is 12.9. The third kappa shape index (κ3) is 8.22. The molecular formula is C28H26F3N7O3S. The third-order valence-corrected chi connectivity index (χ3v) is 7.42. The first kappa shape index (κ1) is 28.9. The maximum atomic E-state index is 12.5. The van der Waals surface area contributed by atoms with Gasteiger partial charge in [-0.25, -0.2) is 4.98 Å². The molecule has 10 nitrogen and oxygen atoms in total. The second-order valence-electron chi connectivity index (χ2n) is 9.64. The minimum atomic E-state index is -4.81. The molecule has 1 fully saturated rings. The van der Waals surface area contributed by atoms with E-state index in [2.05, 4.69) is 40.4 Å². The van der Waals surface area contributed by atoms with Crippen molar-refractivity contribution < 1.29 is 27.5 Å². The van der Waals surface area contributed by atoms with Gasteiger partial charge in [-0.05, 0) is 54.3 Å². The molecule has 0 spiro atoms. The van der Waals surface area contributed by atoms with Crippen LogP contribution in [0.2, 0.25) is 0 Å². The minimum absolute atomic E-state index is 0.136. The summed E-state index contributed by atoms with van der Waals surface area (Å²) < 4.78 is 41.3. The molecule has 0 saturated carbocycles. The number of alkyl halides is 3. The summed E-state index contributed by atoms with van der Waals surface area (Å²) in [7, 11) is 0. The Morgan fingerprint density at radius 3 is 2.57 bits per heavy atom. The first-order chi connectivity index (χ1) is 20.2. The third-order valence-electron chi connectivity index (χ3n) is 6.42. The van der Waals surface area contributed by atoms with E-state index in [0.29, 0.717) is 23.1 Å². The van der Waals surface area contributed by atoms with Gasteiger partial charge >= 0.3 is 6.36 Å². The second-order valence-corrected chi connectivity index (χ2v) is 10.6. The number of hydrogen-bond acceptors (Lipinski definition) is 9. The number of hydrogen-bond donors (Lipinski definition) is 2. The average molecular weight is 598 g/mol. The van der Waals surface area contributed by atoms with E-state index in [1.807, 2.05) is 12.1 Å². The van der Waals surface area contributed by atoms with E-state index in [4.69, 9.17) is 0 Å². The predicted molar refractivity (Wildman–Crippen MR) is 150 cm³/mol. The van der Waals surface area contributed by atoms with Crippen LogP contribution in [0, 0.1) is 0 Å². The van der Waals surface area contributed by atoms with Crippen LogP contribution in [-0.2, 0) is 22.4 Å². The molecule has 2 amide bonds. The zero-order chi connectivity index (χ0) is 29.5. The fourth-order valence-electron chi connectivity index (χ4n) is 4.59. The number of pyridine rings is 2. The molecule has 14 heteroatoms. The Morgan fingerprint density at radius 1 is 1.00 bits per heavy atom. The molecule has 1 atom stereocenters. The average Bonchev–Trinajstić information content (AvgIpc) is 3.41. The molecule has 0 radical (unpaired) electrons. The van der Waals surface area contributed by atoms with E-state index in [9.17, 15) is 22.8 Å². The van der Waals surface area contributed by atoms with E-state index in [0.717, 1.165) is 35.6 Å². The van der Waals surface area contributed by atoms with Gasteiger partial charge in [-0.3, -0.25) is 14.6 Å². The first-order valence-corrected chi connectivity index (χ1v) is 13.9. The van der Waals surface area contributed by atoms with E-state index >= 15 is 0 Å². The van der Waals surface area contributed by atoms with Crippen molar-refractivity contribution in [2.75, 3.05) is 28.6 Å². The van der Waals surface area contributed by atoms with Crippen LogP contribution in [0.25, 0.3) is 0 Å². The number of nitrogens with zero attached hydrogens (tertiary/aromatic N) is 5. The zero-order valence-electron chi connectivity index (χ0n) is 22.2. The summed E-state index contributed by atoms with van der Waals surface area (Å²) in [6.45, 7) is 1.52. The lowest BCUT2D eigenvalue weighted by Crippen LogP contribution is -2.34. The van der Waals surface area contributed by atoms with Gasteiger partial charge in [-0.15, -0.1) is 23.4 Å². The van der Waals surface area contributed by atoms with Crippen molar-refractivity contribution in [2.24, 2.45) is 0 Å². The van der Waals surface area contributed by atoms with E-state index in [-0.39, 0.29) is 30.4 Å². The summed E-state index contributed by atoms with van der Waals surface area (Å²) in [6, 6.07) is 12.4. The fourth-order valence-corrected chi connectivity index (χ4v) is 5.47.